The van der Waals surface area contributed by atoms with Gasteiger partial charge in [-0.05, 0) is 38.3 Å². The maximum Gasteiger partial charge on any atom is 0.119 e. The van der Waals surface area contributed by atoms with Gasteiger partial charge < -0.3 is 4.74 Å². The summed E-state index contributed by atoms with van der Waals surface area (Å²) in [5, 5.41) is 0. The topological polar surface area (TPSA) is 9.23 Å². The van der Waals surface area contributed by atoms with Gasteiger partial charge in [-0.1, -0.05) is 74.4 Å². The van der Waals surface area contributed by atoms with Gasteiger partial charge >= 0.3 is 0 Å². The van der Waals surface area contributed by atoms with E-state index in [1.54, 1.807) is 0 Å². The summed E-state index contributed by atoms with van der Waals surface area (Å²) in [6.07, 6.45) is 12.1. The first-order chi connectivity index (χ1) is 10.6. The number of allylic oxidation sites excluding steroid dienone is 5. The molecule has 2 atom stereocenters. The highest BCUT2D eigenvalue weighted by Crippen LogP contribution is 2.18. The molecule has 1 heteroatoms. The second-order valence-corrected chi connectivity index (χ2v) is 5.90. The first kappa shape index (κ1) is 18.3. The van der Waals surface area contributed by atoms with Gasteiger partial charge in [-0.15, -0.1) is 0 Å². The number of hydrogen-bond acceptors (Lipinski definition) is 1. The molecule has 0 heterocycles. The standard InChI is InChI=1S/C21H30O/c1-6-8-9-20(7-2)19(5)13-10-18(4)16-22-21-14-11-17(3)12-15-21/h6,8-15,18-19H,7,16H2,1-5H3/b8-6-,13-10-,20-9+. The van der Waals surface area contributed by atoms with Crippen LogP contribution in [0.1, 0.15) is 39.7 Å². The summed E-state index contributed by atoms with van der Waals surface area (Å²) in [6, 6.07) is 8.22. The van der Waals surface area contributed by atoms with E-state index < -0.39 is 0 Å². The van der Waals surface area contributed by atoms with Crippen molar-refractivity contribution in [3.63, 3.8) is 0 Å². The first-order valence-corrected chi connectivity index (χ1v) is 8.26. The lowest BCUT2D eigenvalue weighted by Gasteiger charge is -2.12. The van der Waals surface area contributed by atoms with Crippen LogP contribution in [0, 0.1) is 18.8 Å². The van der Waals surface area contributed by atoms with Crippen LogP contribution in [0.4, 0.5) is 0 Å². The zero-order valence-corrected chi connectivity index (χ0v) is 14.7. The van der Waals surface area contributed by atoms with Crippen molar-refractivity contribution in [1.29, 1.82) is 0 Å². The minimum atomic E-state index is 0.406. The Kier molecular flexibility index (Phi) is 8.35. The third-order valence-corrected chi connectivity index (χ3v) is 3.76. The molecule has 0 saturated carbocycles. The van der Waals surface area contributed by atoms with Gasteiger partial charge in [0.15, 0.2) is 0 Å². The van der Waals surface area contributed by atoms with Crippen LogP contribution in [-0.4, -0.2) is 6.61 Å². The summed E-state index contributed by atoms with van der Waals surface area (Å²) < 4.78 is 5.83. The van der Waals surface area contributed by atoms with E-state index in [1.807, 2.05) is 12.1 Å². The Morgan fingerprint density at radius 1 is 1.14 bits per heavy atom. The molecule has 0 aliphatic rings. The molecular weight excluding hydrogens is 268 g/mol. The Morgan fingerprint density at radius 2 is 1.82 bits per heavy atom. The smallest absolute Gasteiger partial charge is 0.119 e. The summed E-state index contributed by atoms with van der Waals surface area (Å²) >= 11 is 0. The van der Waals surface area contributed by atoms with E-state index in [-0.39, 0.29) is 0 Å². The van der Waals surface area contributed by atoms with Crippen LogP contribution in [-0.2, 0) is 0 Å². The van der Waals surface area contributed by atoms with Crippen molar-refractivity contribution in [3.8, 4) is 5.75 Å². The summed E-state index contributed by atoms with van der Waals surface area (Å²) in [7, 11) is 0. The Bertz CT molecular complexity index is 505. The molecular formula is C21H30O. The number of aryl methyl sites for hydroxylation is 1. The average molecular weight is 298 g/mol. The molecule has 0 amide bonds. The van der Waals surface area contributed by atoms with Gasteiger partial charge in [-0.25, -0.2) is 0 Å². The maximum atomic E-state index is 5.83. The van der Waals surface area contributed by atoms with Crippen LogP contribution < -0.4 is 4.74 Å². The number of benzene rings is 1. The minimum absolute atomic E-state index is 0.406. The molecule has 0 spiro atoms. The molecule has 1 nitrogen and oxygen atoms in total. The van der Waals surface area contributed by atoms with Crippen molar-refractivity contribution < 1.29 is 4.74 Å². The van der Waals surface area contributed by atoms with E-state index in [1.165, 1.54) is 11.1 Å². The second kappa shape index (κ2) is 10.0. The molecule has 0 radical (unpaired) electrons. The molecule has 1 aromatic rings. The fraction of sp³-hybridized carbons (Fsp3) is 0.429. The fourth-order valence-corrected chi connectivity index (χ4v) is 2.21. The monoisotopic (exact) mass is 298 g/mol. The van der Waals surface area contributed by atoms with E-state index >= 15 is 0 Å². The van der Waals surface area contributed by atoms with Gasteiger partial charge in [0.05, 0.1) is 6.61 Å². The van der Waals surface area contributed by atoms with E-state index in [4.69, 9.17) is 4.74 Å². The van der Waals surface area contributed by atoms with Crippen LogP contribution in [0.2, 0.25) is 0 Å². The molecule has 1 rings (SSSR count). The van der Waals surface area contributed by atoms with E-state index in [2.05, 4.69) is 77.1 Å². The van der Waals surface area contributed by atoms with Crippen LogP contribution in [0.15, 0.2) is 60.2 Å². The van der Waals surface area contributed by atoms with Crippen molar-refractivity contribution >= 4 is 0 Å². The Morgan fingerprint density at radius 3 is 2.41 bits per heavy atom. The zero-order chi connectivity index (χ0) is 16.4. The molecule has 22 heavy (non-hydrogen) atoms. The largest absolute Gasteiger partial charge is 0.493 e. The molecule has 0 aliphatic carbocycles. The third kappa shape index (κ3) is 6.80. The van der Waals surface area contributed by atoms with Crippen LogP contribution in [0.5, 0.6) is 5.75 Å². The third-order valence-electron chi connectivity index (χ3n) is 3.76. The van der Waals surface area contributed by atoms with Crippen LogP contribution >= 0.6 is 0 Å². The van der Waals surface area contributed by atoms with Crippen LogP contribution in [0.3, 0.4) is 0 Å². The SMILES string of the molecule is C/C=C\C=C(/CC)C(C)/C=C\C(C)COc1ccc(C)cc1. The van der Waals surface area contributed by atoms with Gasteiger partial charge in [0, 0.05) is 5.92 Å². The van der Waals surface area contributed by atoms with Gasteiger partial charge in [-0.2, -0.15) is 0 Å². The quantitative estimate of drug-likeness (QED) is 0.415. The van der Waals surface area contributed by atoms with Crippen molar-refractivity contribution in [2.75, 3.05) is 6.61 Å². The number of rotatable bonds is 8. The second-order valence-electron chi connectivity index (χ2n) is 5.90. The normalized spacial score (nSPS) is 15.4. The average Bonchev–Trinajstić information content (AvgIpc) is 2.53. The Labute approximate surface area is 136 Å². The van der Waals surface area contributed by atoms with Gasteiger partial charge in [-0.3, -0.25) is 0 Å². The Balaban J connectivity index is 2.49. The maximum absolute atomic E-state index is 5.83. The predicted octanol–water partition coefficient (Wildman–Crippen LogP) is 6.11. The lowest BCUT2D eigenvalue weighted by molar-refractivity contribution is 0.284. The van der Waals surface area contributed by atoms with Crippen molar-refractivity contribution in [2.45, 2.75) is 41.0 Å². The number of ether oxygens (including phenoxy) is 1. The predicted molar refractivity (Wildman–Crippen MR) is 97.3 cm³/mol. The van der Waals surface area contributed by atoms with E-state index in [0.717, 1.165) is 12.2 Å². The Hall–Kier alpha value is -1.76. The van der Waals surface area contributed by atoms with Crippen LogP contribution in [0.25, 0.3) is 0 Å². The van der Waals surface area contributed by atoms with Gasteiger partial charge in [0.2, 0.25) is 0 Å². The summed E-state index contributed by atoms with van der Waals surface area (Å²) in [4.78, 5) is 0. The molecule has 1 aromatic carbocycles. The summed E-state index contributed by atoms with van der Waals surface area (Å²) in [5.74, 6) is 1.83. The van der Waals surface area contributed by atoms with Gasteiger partial charge in [0.25, 0.3) is 0 Å². The molecule has 0 N–H and O–H groups in total. The van der Waals surface area contributed by atoms with Gasteiger partial charge in [0.1, 0.15) is 5.75 Å². The highest BCUT2D eigenvalue weighted by molar-refractivity contribution is 5.26. The van der Waals surface area contributed by atoms with Crippen molar-refractivity contribution in [3.05, 3.63) is 65.8 Å². The summed E-state index contributed by atoms with van der Waals surface area (Å²) in [5.41, 5.74) is 2.72. The lowest BCUT2D eigenvalue weighted by atomic mass is 9.96. The van der Waals surface area contributed by atoms with E-state index in [9.17, 15) is 0 Å². The molecule has 2 unspecified atom stereocenters. The molecule has 0 bridgehead atoms. The highest BCUT2D eigenvalue weighted by Gasteiger charge is 2.04. The molecule has 0 saturated heterocycles. The molecule has 0 aliphatic heterocycles. The molecule has 0 fully saturated rings. The van der Waals surface area contributed by atoms with E-state index in [0.29, 0.717) is 18.4 Å². The van der Waals surface area contributed by atoms with Crippen molar-refractivity contribution in [1.82, 2.24) is 0 Å². The highest BCUT2D eigenvalue weighted by atomic mass is 16.5. The number of hydrogen-bond donors (Lipinski definition) is 0. The van der Waals surface area contributed by atoms with Crippen molar-refractivity contribution in [2.24, 2.45) is 11.8 Å². The summed E-state index contributed by atoms with van der Waals surface area (Å²) in [6.45, 7) is 11.5. The molecule has 0 aromatic heterocycles. The fourth-order valence-electron chi connectivity index (χ4n) is 2.21. The molecule has 120 valence electrons. The lowest BCUT2D eigenvalue weighted by Crippen LogP contribution is -2.06. The first-order valence-electron chi connectivity index (χ1n) is 8.26. The zero-order valence-electron chi connectivity index (χ0n) is 14.7. The minimum Gasteiger partial charge on any atom is -0.493 e.